The zero-order valence-corrected chi connectivity index (χ0v) is 13.3. The molecule has 3 nitrogen and oxygen atoms in total. The second-order valence-corrected chi connectivity index (χ2v) is 6.11. The third-order valence-electron chi connectivity index (χ3n) is 4.63. The Morgan fingerprint density at radius 3 is 2.80 bits per heavy atom. The van der Waals surface area contributed by atoms with Gasteiger partial charge in [-0.3, -0.25) is 4.79 Å². The molecule has 0 aromatic heterocycles. The molecule has 1 heterocycles. The summed E-state index contributed by atoms with van der Waals surface area (Å²) in [4.78, 5) is 15.5. The lowest BCUT2D eigenvalue weighted by Gasteiger charge is -2.30. The minimum Gasteiger partial charge on any atom is -0.314 e. The van der Waals surface area contributed by atoms with Crippen LogP contribution in [-0.4, -0.2) is 38.0 Å². The molecule has 0 aliphatic carbocycles. The van der Waals surface area contributed by atoms with Gasteiger partial charge in [0, 0.05) is 22.7 Å². The first-order valence-electron chi connectivity index (χ1n) is 7.27. The summed E-state index contributed by atoms with van der Waals surface area (Å²) in [5, 5.41) is 0.748. The predicted molar refractivity (Wildman–Crippen MR) is 84.6 cm³/mol. The third kappa shape index (κ3) is 2.70. The van der Waals surface area contributed by atoms with Crippen LogP contribution >= 0.6 is 11.6 Å². The molecule has 0 N–H and O–H groups in total. The van der Waals surface area contributed by atoms with Crippen LogP contribution in [0.3, 0.4) is 0 Å². The Kier molecular flexibility index (Phi) is 4.71. The Morgan fingerprint density at radius 2 is 2.20 bits per heavy atom. The fraction of sp³-hybridized carbons (Fsp3) is 0.562. The van der Waals surface area contributed by atoms with Crippen molar-refractivity contribution in [3.63, 3.8) is 0 Å². The van der Waals surface area contributed by atoms with Gasteiger partial charge >= 0.3 is 0 Å². The van der Waals surface area contributed by atoms with Gasteiger partial charge in [0.2, 0.25) is 6.41 Å². The minimum absolute atomic E-state index is 0.0323. The minimum atomic E-state index is 0.0323. The average Bonchev–Trinajstić information content (AvgIpc) is 2.78. The van der Waals surface area contributed by atoms with Crippen molar-refractivity contribution in [3.8, 4) is 0 Å². The molecule has 1 atom stereocenters. The van der Waals surface area contributed by atoms with Crippen LogP contribution in [0.5, 0.6) is 0 Å². The lowest BCUT2D eigenvalue weighted by atomic mass is 9.77. The normalized spacial score (nSPS) is 21.4. The number of rotatable bonds is 6. The molecular formula is C16H23ClN2O. The van der Waals surface area contributed by atoms with Gasteiger partial charge in [-0.15, -0.1) is 0 Å². The number of anilines is 1. The van der Waals surface area contributed by atoms with Crippen molar-refractivity contribution in [2.24, 2.45) is 0 Å². The van der Waals surface area contributed by atoms with E-state index in [1.165, 1.54) is 5.56 Å². The maximum atomic E-state index is 11.3. The molecule has 0 fully saturated rings. The SMILES string of the molecule is CCN(C)CCC1(CC)CN(C=O)c2ccc(Cl)cc21. The highest BCUT2D eigenvalue weighted by atomic mass is 35.5. The Hall–Kier alpha value is -1.06. The number of amides is 1. The topological polar surface area (TPSA) is 23.6 Å². The third-order valence-corrected chi connectivity index (χ3v) is 4.86. The van der Waals surface area contributed by atoms with Crippen molar-refractivity contribution >= 4 is 23.7 Å². The number of hydrogen-bond acceptors (Lipinski definition) is 2. The van der Waals surface area contributed by atoms with Crippen LogP contribution in [0.4, 0.5) is 5.69 Å². The zero-order valence-electron chi connectivity index (χ0n) is 12.5. The van der Waals surface area contributed by atoms with Crippen LogP contribution in [0.1, 0.15) is 32.3 Å². The Balaban J connectivity index is 2.35. The van der Waals surface area contributed by atoms with Crippen molar-refractivity contribution in [2.75, 3.05) is 31.6 Å². The Bertz CT molecular complexity index is 491. The number of carbonyl (C=O) groups excluding carboxylic acids is 1. The summed E-state index contributed by atoms with van der Waals surface area (Å²) in [5.74, 6) is 0. The molecule has 2 rings (SSSR count). The molecule has 1 aliphatic heterocycles. The molecule has 0 saturated heterocycles. The van der Waals surface area contributed by atoms with Gasteiger partial charge in [0.25, 0.3) is 0 Å². The molecule has 20 heavy (non-hydrogen) atoms. The maximum Gasteiger partial charge on any atom is 0.214 e. The zero-order chi connectivity index (χ0) is 14.8. The van der Waals surface area contributed by atoms with Crippen molar-refractivity contribution in [1.82, 2.24) is 4.90 Å². The molecule has 0 saturated carbocycles. The van der Waals surface area contributed by atoms with Crippen molar-refractivity contribution in [1.29, 1.82) is 0 Å². The summed E-state index contributed by atoms with van der Waals surface area (Å²) < 4.78 is 0. The van der Waals surface area contributed by atoms with E-state index < -0.39 is 0 Å². The van der Waals surface area contributed by atoms with Gasteiger partial charge in [0.05, 0.1) is 0 Å². The van der Waals surface area contributed by atoms with E-state index in [1.54, 1.807) is 0 Å². The van der Waals surface area contributed by atoms with Crippen LogP contribution in [0.15, 0.2) is 18.2 Å². The quantitative estimate of drug-likeness (QED) is 0.752. The summed E-state index contributed by atoms with van der Waals surface area (Å²) in [7, 11) is 2.13. The smallest absolute Gasteiger partial charge is 0.214 e. The van der Waals surface area contributed by atoms with E-state index in [2.05, 4.69) is 25.8 Å². The lowest BCUT2D eigenvalue weighted by Crippen LogP contribution is -2.36. The maximum absolute atomic E-state index is 11.3. The Morgan fingerprint density at radius 1 is 1.45 bits per heavy atom. The first-order valence-corrected chi connectivity index (χ1v) is 7.64. The first kappa shape index (κ1) is 15.3. The number of hydrogen-bond donors (Lipinski definition) is 0. The van der Waals surface area contributed by atoms with Crippen molar-refractivity contribution in [2.45, 2.75) is 32.1 Å². The van der Waals surface area contributed by atoms with Gasteiger partial charge in [-0.05, 0) is 56.7 Å². The number of fused-ring (bicyclic) bond motifs is 1. The number of nitrogens with zero attached hydrogens (tertiary/aromatic N) is 2. The summed E-state index contributed by atoms with van der Waals surface area (Å²) >= 11 is 6.17. The second-order valence-electron chi connectivity index (χ2n) is 5.67. The fourth-order valence-corrected chi connectivity index (χ4v) is 3.20. The van der Waals surface area contributed by atoms with Crippen molar-refractivity contribution < 1.29 is 4.79 Å². The van der Waals surface area contributed by atoms with Crippen LogP contribution in [0, 0.1) is 0 Å². The average molecular weight is 295 g/mol. The highest BCUT2D eigenvalue weighted by Crippen LogP contribution is 2.45. The lowest BCUT2D eigenvalue weighted by molar-refractivity contribution is -0.107. The van der Waals surface area contributed by atoms with E-state index in [9.17, 15) is 4.79 Å². The van der Waals surface area contributed by atoms with Crippen LogP contribution < -0.4 is 4.90 Å². The molecule has 1 aliphatic rings. The van der Waals surface area contributed by atoms with Crippen molar-refractivity contribution in [3.05, 3.63) is 28.8 Å². The fourth-order valence-electron chi connectivity index (χ4n) is 3.03. The van der Waals surface area contributed by atoms with E-state index in [0.29, 0.717) is 0 Å². The van der Waals surface area contributed by atoms with Gasteiger partial charge < -0.3 is 9.80 Å². The number of benzene rings is 1. The molecule has 0 radical (unpaired) electrons. The van der Waals surface area contributed by atoms with E-state index >= 15 is 0 Å². The monoisotopic (exact) mass is 294 g/mol. The summed E-state index contributed by atoms with van der Waals surface area (Å²) in [6.07, 6.45) is 3.00. The number of halogens is 1. The second kappa shape index (κ2) is 6.15. The van der Waals surface area contributed by atoms with Crippen LogP contribution in [0.25, 0.3) is 0 Å². The van der Waals surface area contributed by atoms with Crippen LogP contribution in [0.2, 0.25) is 5.02 Å². The summed E-state index contributed by atoms with van der Waals surface area (Å²) in [5.41, 5.74) is 2.28. The molecule has 1 aromatic rings. The molecule has 1 aromatic carbocycles. The van der Waals surface area contributed by atoms with Gasteiger partial charge in [-0.2, -0.15) is 0 Å². The molecule has 0 spiro atoms. The molecule has 0 bridgehead atoms. The highest BCUT2D eigenvalue weighted by Gasteiger charge is 2.41. The van der Waals surface area contributed by atoms with Crippen LogP contribution in [-0.2, 0) is 10.2 Å². The molecule has 110 valence electrons. The molecule has 1 amide bonds. The van der Waals surface area contributed by atoms with Gasteiger partial charge in [-0.25, -0.2) is 0 Å². The standard InChI is InChI=1S/C16H23ClN2O/c1-4-16(8-9-18(3)5-2)11-19(12-20)15-7-6-13(17)10-14(15)16/h6-7,10,12H,4-5,8-9,11H2,1-3H3. The Labute approximate surface area is 126 Å². The predicted octanol–water partition coefficient (Wildman–Crippen LogP) is 3.31. The summed E-state index contributed by atoms with van der Waals surface area (Å²) in [6.45, 7) is 7.20. The highest BCUT2D eigenvalue weighted by molar-refractivity contribution is 6.30. The number of carbonyl (C=O) groups is 1. The van der Waals surface area contributed by atoms with Gasteiger partial charge in [0.1, 0.15) is 0 Å². The molecular weight excluding hydrogens is 272 g/mol. The van der Waals surface area contributed by atoms with Gasteiger partial charge in [0.15, 0.2) is 0 Å². The van der Waals surface area contributed by atoms with E-state index in [4.69, 9.17) is 11.6 Å². The molecule has 4 heteroatoms. The van der Waals surface area contributed by atoms with Gasteiger partial charge in [-0.1, -0.05) is 25.4 Å². The molecule has 1 unspecified atom stereocenters. The first-order chi connectivity index (χ1) is 9.56. The van der Waals surface area contributed by atoms with E-state index in [0.717, 1.165) is 49.6 Å². The largest absolute Gasteiger partial charge is 0.314 e. The summed E-state index contributed by atoms with van der Waals surface area (Å²) in [6, 6.07) is 5.86. The van der Waals surface area contributed by atoms with E-state index in [1.807, 2.05) is 23.1 Å². The van der Waals surface area contributed by atoms with E-state index in [-0.39, 0.29) is 5.41 Å².